The Morgan fingerprint density at radius 1 is 0.931 bits per heavy atom. The summed E-state index contributed by atoms with van der Waals surface area (Å²) in [6.45, 7) is 1.93. The van der Waals surface area contributed by atoms with Gasteiger partial charge < -0.3 is 10.1 Å². The van der Waals surface area contributed by atoms with Crippen molar-refractivity contribution in [3.8, 4) is 5.75 Å². The molecule has 0 aliphatic rings. The molecule has 29 heavy (non-hydrogen) atoms. The zero-order chi connectivity index (χ0) is 20.5. The monoisotopic (exact) mass is 387 g/mol. The normalized spacial score (nSPS) is 10.5. The van der Waals surface area contributed by atoms with E-state index >= 15 is 0 Å². The fourth-order valence-electron chi connectivity index (χ4n) is 2.53. The van der Waals surface area contributed by atoms with Crippen molar-refractivity contribution in [2.24, 2.45) is 5.10 Å². The second-order valence-electron chi connectivity index (χ2n) is 6.30. The van der Waals surface area contributed by atoms with Crippen LogP contribution in [-0.4, -0.2) is 18.0 Å². The minimum atomic E-state index is -0.335. The summed E-state index contributed by atoms with van der Waals surface area (Å²) in [6.07, 6.45) is 1.56. The number of carbonyl (C=O) groups excluding carboxylic acids is 2. The highest BCUT2D eigenvalue weighted by molar-refractivity contribution is 5.96. The first kappa shape index (κ1) is 19.8. The van der Waals surface area contributed by atoms with Crippen LogP contribution in [0.1, 0.15) is 28.4 Å². The lowest BCUT2D eigenvalue weighted by Gasteiger charge is -2.06. The number of benzene rings is 3. The van der Waals surface area contributed by atoms with Crippen LogP contribution in [0.4, 0.5) is 5.69 Å². The Hall–Kier alpha value is -3.93. The van der Waals surface area contributed by atoms with Gasteiger partial charge in [-0.3, -0.25) is 9.59 Å². The zero-order valence-electron chi connectivity index (χ0n) is 16.0. The smallest absolute Gasteiger partial charge is 0.271 e. The topological polar surface area (TPSA) is 79.8 Å². The van der Waals surface area contributed by atoms with E-state index in [2.05, 4.69) is 15.8 Å². The van der Waals surface area contributed by atoms with Crippen molar-refractivity contribution in [2.75, 3.05) is 5.32 Å². The van der Waals surface area contributed by atoms with E-state index in [0.717, 1.165) is 16.9 Å². The van der Waals surface area contributed by atoms with Crippen LogP contribution in [0, 0.1) is 0 Å². The van der Waals surface area contributed by atoms with Gasteiger partial charge in [-0.15, -0.1) is 0 Å². The molecule has 3 aromatic carbocycles. The Labute approximate surface area is 169 Å². The molecular weight excluding hydrogens is 366 g/mol. The van der Waals surface area contributed by atoms with Crippen LogP contribution in [0.25, 0.3) is 0 Å². The van der Waals surface area contributed by atoms with E-state index in [9.17, 15) is 9.59 Å². The number of ether oxygens (including phenoxy) is 1. The Morgan fingerprint density at radius 2 is 1.62 bits per heavy atom. The summed E-state index contributed by atoms with van der Waals surface area (Å²) in [5.74, 6) is 0.260. The molecule has 0 fully saturated rings. The highest BCUT2D eigenvalue weighted by Gasteiger charge is 2.04. The molecule has 0 saturated carbocycles. The van der Waals surface area contributed by atoms with Gasteiger partial charge in [0.2, 0.25) is 5.91 Å². The summed E-state index contributed by atoms with van der Waals surface area (Å²) in [4.78, 5) is 23.1. The van der Waals surface area contributed by atoms with Crippen LogP contribution in [0.3, 0.4) is 0 Å². The van der Waals surface area contributed by atoms with Gasteiger partial charge in [-0.05, 0) is 59.7 Å². The van der Waals surface area contributed by atoms with E-state index in [-0.39, 0.29) is 11.8 Å². The number of amides is 2. The minimum absolute atomic E-state index is 0.164. The van der Waals surface area contributed by atoms with Crippen molar-refractivity contribution in [1.29, 1.82) is 0 Å². The van der Waals surface area contributed by atoms with E-state index in [1.165, 1.54) is 6.92 Å². The lowest BCUT2D eigenvalue weighted by atomic mass is 10.2. The van der Waals surface area contributed by atoms with Crippen molar-refractivity contribution in [2.45, 2.75) is 13.5 Å². The largest absolute Gasteiger partial charge is 0.489 e. The molecule has 2 amide bonds. The van der Waals surface area contributed by atoms with Crippen molar-refractivity contribution in [1.82, 2.24) is 5.43 Å². The number of carbonyl (C=O) groups is 2. The van der Waals surface area contributed by atoms with Crippen LogP contribution >= 0.6 is 0 Å². The number of hydrogen-bond donors (Lipinski definition) is 2. The fourth-order valence-corrected chi connectivity index (χ4v) is 2.53. The molecule has 0 aromatic heterocycles. The van der Waals surface area contributed by atoms with Gasteiger partial charge in [-0.25, -0.2) is 5.43 Å². The van der Waals surface area contributed by atoms with Crippen molar-refractivity contribution < 1.29 is 14.3 Å². The number of rotatable bonds is 7. The van der Waals surface area contributed by atoms with Crippen LogP contribution in [0.15, 0.2) is 84.0 Å². The average molecular weight is 387 g/mol. The Bertz CT molecular complexity index is 982. The first-order valence-corrected chi connectivity index (χ1v) is 9.08. The fraction of sp³-hybridized carbons (Fsp3) is 0.0870. The van der Waals surface area contributed by atoms with Crippen LogP contribution < -0.4 is 15.5 Å². The molecule has 3 aromatic rings. The van der Waals surface area contributed by atoms with Gasteiger partial charge in [-0.2, -0.15) is 5.10 Å². The Kier molecular flexibility index (Phi) is 6.73. The van der Waals surface area contributed by atoms with Gasteiger partial charge in [-0.1, -0.05) is 30.3 Å². The summed E-state index contributed by atoms with van der Waals surface area (Å²) in [5.41, 5.74) is 5.49. The quantitative estimate of drug-likeness (QED) is 0.475. The summed E-state index contributed by atoms with van der Waals surface area (Å²) < 4.78 is 5.74. The molecular formula is C23H21N3O3. The first-order valence-electron chi connectivity index (χ1n) is 9.08. The zero-order valence-corrected chi connectivity index (χ0v) is 16.0. The summed E-state index contributed by atoms with van der Waals surface area (Å²) in [5, 5.41) is 6.62. The van der Waals surface area contributed by atoms with Gasteiger partial charge in [0.15, 0.2) is 0 Å². The molecule has 0 unspecified atom stereocenters. The number of nitrogens with zero attached hydrogens (tertiary/aromatic N) is 1. The summed E-state index contributed by atoms with van der Waals surface area (Å²) >= 11 is 0. The third-order valence-electron chi connectivity index (χ3n) is 3.98. The third-order valence-corrected chi connectivity index (χ3v) is 3.98. The van der Waals surface area contributed by atoms with E-state index in [1.807, 2.05) is 54.6 Å². The molecule has 0 heterocycles. The molecule has 0 atom stereocenters. The molecule has 6 nitrogen and oxygen atoms in total. The van der Waals surface area contributed by atoms with Gasteiger partial charge in [0, 0.05) is 18.2 Å². The van der Waals surface area contributed by atoms with Crippen molar-refractivity contribution >= 4 is 23.7 Å². The molecule has 3 rings (SSSR count). The van der Waals surface area contributed by atoms with Crippen molar-refractivity contribution in [3.05, 3.63) is 95.6 Å². The van der Waals surface area contributed by atoms with Crippen LogP contribution in [0.2, 0.25) is 0 Å². The van der Waals surface area contributed by atoms with Crippen LogP contribution in [0.5, 0.6) is 5.75 Å². The Balaban J connectivity index is 1.49. The van der Waals surface area contributed by atoms with Gasteiger partial charge >= 0.3 is 0 Å². The number of nitrogens with one attached hydrogen (secondary N) is 2. The molecule has 0 bridgehead atoms. The molecule has 0 aliphatic heterocycles. The predicted octanol–water partition coefficient (Wildman–Crippen LogP) is 3.99. The second kappa shape index (κ2) is 9.85. The molecule has 0 saturated heterocycles. The predicted molar refractivity (Wildman–Crippen MR) is 113 cm³/mol. The molecule has 146 valence electrons. The molecule has 6 heteroatoms. The van der Waals surface area contributed by atoms with Gasteiger partial charge in [0.25, 0.3) is 5.91 Å². The van der Waals surface area contributed by atoms with Gasteiger partial charge in [0.05, 0.1) is 6.21 Å². The molecule has 0 spiro atoms. The minimum Gasteiger partial charge on any atom is -0.489 e. The second-order valence-corrected chi connectivity index (χ2v) is 6.30. The van der Waals surface area contributed by atoms with E-state index in [0.29, 0.717) is 17.9 Å². The lowest BCUT2D eigenvalue weighted by molar-refractivity contribution is -0.114. The summed E-state index contributed by atoms with van der Waals surface area (Å²) in [7, 11) is 0. The van der Waals surface area contributed by atoms with E-state index < -0.39 is 0 Å². The third kappa shape index (κ3) is 6.32. The molecule has 2 N–H and O–H groups in total. The highest BCUT2D eigenvalue weighted by Crippen LogP contribution is 2.13. The number of hydrogen-bond acceptors (Lipinski definition) is 4. The van der Waals surface area contributed by atoms with E-state index in [1.54, 1.807) is 30.5 Å². The lowest BCUT2D eigenvalue weighted by Crippen LogP contribution is -2.17. The maximum atomic E-state index is 12.1. The van der Waals surface area contributed by atoms with Crippen molar-refractivity contribution in [3.63, 3.8) is 0 Å². The number of anilines is 1. The number of hydrazone groups is 1. The Morgan fingerprint density at radius 3 is 2.28 bits per heavy atom. The maximum Gasteiger partial charge on any atom is 0.271 e. The highest BCUT2D eigenvalue weighted by atomic mass is 16.5. The van der Waals surface area contributed by atoms with Crippen LogP contribution in [-0.2, 0) is 11.4 Å². The molecule has 0 aliphatic carbocycles. The SMILES string of the molecule is CC(=O)Nc1ccc(C(=O)N/N=C\c2ccc(OCc3ccccc3)cc2)cc1. The maximum absolute atomic E-state index is 12.1. The summed E-state index contributed by atoms with van der Waals surface area (Å²) in [6, 6.07) is 23.9. The first-order chi connectivity index (χ1) is 14.1. The van der Waals surface area contributed by atoms with Gasteiger partial charge in [0.1, 0.15) is 12.4 Å². The average Bonchev–Trinajstić information content (AvgIpc) is 2.74. The standard InChI is InChI=1S/C23H21N3O3/c1-17(27)25-21-11-9-20(10-12-21)23(28)26-24-15-18-7-13-22(14-8-18)29-16-19-5-3-2-4-6-19/h2-15H,16H2,1H3,(H,25,27)(H,26,28)/b24-15-. The molecule has 0 radical (unpaired) electrons. The van der Waals surface area contributed by atoms with E-state index in [4.69, 9.17) is 4.74 Å².